The molecule has 2 N–H and O–H groups in total. The van der Waals surface area contributed by atoms with E-state index in [2.05, 4.69) is 19.1 Å². The van der Waals surface area contributed by atoms with Gasteiger partial charge in [-0.25, -0.2) is 0 Å². The van der Waals surface area contributed by atoms with Crippen LogP contribution in [0.4, 0.5) is 0 Å². The molecule has 2 unspecified atom stereocenters. The molecule has 3 nitrogen and oxygen atoms in total. The SMILES string of the molecule is CCC(c1ccc(OC)cc1)C(N)c1ccc(OC)cc1. The van der Waals surface area contributed by atoms with E-state index < -0.39 is 0 Å². The fourth-order valence-corrected chi connectivity index (χ4v) is 2.61. The summed E-state index contributed by atoms with van der Waals surface area (Å²) in [7, 11) is 3.34. The molecular formula is C18H23NO2. The molecule has 0 saturated carbocycles. The molecule has 0 amide bonds. The van der Waals surface area contributed by atoms with Gasteiger partial charge in [0, 0.05) is 12.0 Å². The molecule has 2 aromatic carbocycles. The fourth-order valence-electron chi connectivity index (χ4n) is 2.61. The highest BCUT2D eigenvalue weighted by atomic mass is 16.5. The minimum Gasteiger partial charge on any atom is -0.497 e. The molecule has 2 aromatic rings. The van der Waals surface area contributed by atoms with Crippen molar-refractivity contribution in [3.63, 3.8) is 0 Å². The lowest BCUT2D eigenvalue weighted by atomic mass is 9.86. The van der Waals surface area contributed by atoms with Gasteiger partial charge in [0.15, 0.2) is 0 Å². The van der Waals surface area contributed by atoms with E-state index in [0.717, 1.165) is 23.5 Å². The van der Waals surface area contributed by atoms with Crippen molar-refractivity contribution in [1.29, 1.82) is 0 Å². The van der Waals surface area contributed by atoms with Gasteiger partial charge < -0.3 is 15.2 Å². The zero-order valence-corrected chi connectivity index (χ0v) is 12.9. The molecule has 112 valence electrons. The number of benzene rings is 2. The van der Waals surface area contributed by atoms with Crippen molar-refractivity contribution < 1.29 is 9.47 Å². The van der Waals surface area contributed by atoms with Crippen molar-refractivity contribution in [2.45, 2.75) is 25.3 Å². The van der Waals surface area contributed by atoms with Crippen molar-refractivity contribution >= 4 is 0 Å². The van der Waals surface area contributed by atoms with Crippen molar-refractivity contribution in [2.24, 2.45) is 5.73 Å². The van der Waals surface area contributed by atoms with Crippen molar-refractivity contribution in [2.75, 3.05) is 14.2 Å². The van der Waals surface area contributed by atoms with E-state index in [0.29, 0.717) is 0 Å². The second-order valence-corrected chi connectivity index (χ2v) is 5.09. The highest BCUT2D eigenvalue weighted by Crippen LogP contribution is 2.33. The Hall–Kier alpha value is -2.00. The second-order valence-electron chi connectivity index (χ2n) is 5.09. The average molecular weight is 285 g/mol. The first kappa shape index (κ1) is 15.4. The summed E-state index contributed by atoms with van der Waals surface area (Å²) in [5, 5.41) is 0. The molecule has 3 heteroatoms. The molecule has 0 fully saturated rings. The predicted octanol–water partition coefficient (Wildman–Crippen LogP) is 3.90. The maximum absolute atomic E-state index is 6.47. The van der Waals surface area contributed by atoms with E-state index in [1.165, 1.54) is 5.56 Å². The Bertz CT molecular complexity index is 548. The van der Waals surface area contributed by atoms with Crippen LogP contribution >= 0.6 is 0 Å². The summed E-state index contributed by atoms with van der Waals surface area (Å²) in [5.41, 5.74) is 8.83. The van der Waals surface area contributed by atoms with Crippen LogP contribution in [-0.2, 0) is 0 Å². The molecule has 0 aliphatic carbocycles. The first-order chi connectivity index (χ1) is 10.2. The number of hydrogen-bond acceptors (Lipinski definition) is 3. The average Bonchev–Trinajstić information content (AvgIpc) is 2.56. The lowest BCUT2D eigenvalue weighted by molar-refractivity contribution is 0.413. The Balaban J connectivity index is 2.21. The highest BCUT2D eigenvalue weighted by Gasteiger charge is 2.19. The van der Waals surface area contributed by atoms with Crippen LogP contribution in [0.3, 0.4) is 0 Å². The number of nitrogens with two attached hydrogens (primary N) is 1. The maximum Gasteiger partial charge on any atom is 0.118 e. The number of ether oxygens (including phenoxy) is 2. The third kappa shape index (κ3) is 3.56. The van der Waals surface area contributed by atoms with E-state index in [9.17, 15) is 0 Å². The predicted molar refractivity (Wildman–Crippen MR) is 85.9 cm³/mol. The fraction of sp³-hybridized carbons (Fsp3) is 0.333. The third-order valence-corrected chi connectivity index (χ3v) is 3.92. The summed E-state index contributed by atoms with van der Waals surface area (Å²) in [4.78, 5) is 0. The minimum atomic E-state index is -0.0331. The van der Waals surface area contributed by atoms with Gasteiger partial charge in [0.2, 0.25) is 0 Å². The Morgan fingerprint density at radius 1 is 0.810 bits per heavy atom. The van der Waals surface area contributed by atoms with Crippen LogP contribution < -0.4 is 15.2 Å². The molecule has 0 spiro atoms. The summed E-state index contributed by atoms with van der Waals surface area (Å²) >= 11 is 0. The van der Waals surface area contributed by atoms with Gasteiger partial charge in [-0.15, -0.1) is 0 Å². The van der Waals surface area contributed by atoms with Gasteiger partial charge in [-0.05, 0) is 41.8 Å². The first-order valence-corrected chi connectivity index (χ1v) is 7.23. The van der Waals surface area contributed by atoms with Crippen LogP contribution in [-0.4, -0.2) is 14.2 Å². The smallest absolute Gasteiger partial charge is 0.118 e. The quantitative estimate of drug-likeness (QED) is 0.875. The summed E-state index contributed by atoms with van der Waals surface area (Å²) in [6, 6.07) is 16.1. The minimum absolute atomic E-state index is 0.0331. The van der Waals surface area contributed by atoms with Crippen LogP contribution in [0.5, 0.6) is 11.5 Å². The Labute approximate surface area is 126 Å². The van der Waals surface area contributed by atoms with E-state index in [4.69, 9.17) is 15.2 Å². The molecule has 21 heavy (non-hydrogen) atoms. The molecule has 0 saturated heterocycles. The van der Waals surface area contributed by atoms with E-state index in [1.54, 1.807) is 14.2 Å². The zero-order chi connectivity index (χ0) is 15.2. The summed E-state index contributed by atoms with van der Waals surface area (Å²) in [6.07, 6.45) is 0.986. The van der Waals surface area contributed by atoms with Gasteiger partial charge in [0.25, 0.3) is 0 Å². The second kappa shape index (κ2) is 7.14. The summed E-state index contributed by atoms with van der Waals surface area (Å²) in [5.74, 6) is 2.00. The standard InChI is InChI=1S/C18H23NO2/c1-4-17(13-5-9-15(20-2)10-6-13)18(19)14-7-11-16(21-3)12-8-14/h5-12,17-18H,4,19H2,1-3H3. The molecule has 0 heterocycles. The largest absolute Gasteiger partial charge is 0.497 e. The topological polar surface area (TPSA) is 44.5 Å². The zero-order valence-electron chi connectivity index (χ0n) is 12.9. The van der Waals surface area contributed by atoms with Crippen LogP contribution in [0.2, 0.25) is 0 Å². The van der Waals surface area contributed by atoms with Gasteiger partial charge in [-0.2, -0.15) is 0 Å². The van der Waals surface area contributed by atoms with Crippen molar-refractivity contribution in [3.05, 3.63) is 59.7 Å². The van der Waals surface area contributed by atoms with Crippen molar-refractivity contribution in [3.8, 4) is 11.5 Å². The molecular weight excluding hydrogens is 262 g/mol. The molecule has 0 aliphatic heterocycles. The van der Waals surface area contributed by atoms with Crippen LogP contribution in [0.15, 0.2) is 48.5 Å². The van der Waals surface area contributed by atoms with E-state index >= 15 is 0 Å². The van der Waals surface area contributed by atoms with Gasteiger partial charge in [-0.1, -0.05) is 31.2 Å². The molecule has 0 aliphatic rings. The number of methoxy groups -OCH3 is 2. The number of hydrogen-bond donors (Lipinski definition) is 1. The van der Waals surface area contributed by atoms with Crippen molar-refractivity contribution in [1.82, 2.24) is 0 Å². The van der Waals surface area contributed by atoms with Gasteiger partial charge >= 0.3 is 0 Å². The first-order valence-electron chi connectivity index (χ1n) is 7.23. The Kier molecular flexibility index (Phi) is 5.23. The van der Waals surface area contributed by atoms with Gasteiger partial charge in [0.05, 0.1) is 14.2 Å². The molecule has 0 bridgehead atoms. The lowest BCUT2D eigenvalue weighted by Gasteiger charge is -2.24. The normalized spacial score (nSPS) is 13.5. The van der Waals surface area contributed by atoms with E-state index in [1.807, 2.05) is 36.4 Å². The van der Waals surface area contributed by atoms with Crippen LogP contribution in [0.1, 0.15) is 36.4 Å². The monoisotopic (exact) mass is 285 g/mol. The van der Waals surface area contributed by atoms with Crippen LogP contribution in [0.25, 0.3) is 0 Å². The molecule has 0 aromatic heterocycles. The summed E-state index contributed by atoms with van der Waals surface area (Å²) < 4.78 is 10.4. The molecule has 2 atom stereocenters. The van der Waals surface area contributed by atoms with E-state index in [-0.39, 0.29) is 12.0 Å². The van der Waals surface area contributed by atoms with Crippen LogP contribution in [0, 0.1) is 0 Å². The Morgan fingerprint density at radius 3 is 1.62 bits per heavy atom. The molecule has 0 radical (unpaired) electrons. The molecule has 2 rings (SSSR count). The Morgan fingerprint density at radius 2 is 1.24 bits per heavy atom. The lowest BCUT2D eigenvalue weighted by Crippen LogP contribution is -2.19. The maximum atomic E-state index is 6.47. The van der Waals surface area contributed by atoms with Gasteiger partial charge in [-0.3, -0.25) is 0 Å². The number of rotatable bonds is 6. The highest BCUT2D eigenvalue weighted by molar-refractivity contribution is 5.34. The third-order valence-electron chi connectivity index (χ3n) is 3.92. The summed E-state index contributed by atoms with van der Waals surface area (Å²) in [6.45, 7) is 2.16. The van der Waals surface area contributed by atoms with Gasteiger partial charge in [0.1, 0.15) is 11.5 Å².